The maximum Gasteiger partial charge on any atom is 0.343 e. The zero-order valence-corrected chi connectivity index (χ0v) is 16.3. The highest BCUT2D eigenvalue weighted by Gasteiger charge is 2.17. The van der Waals surface area contributed by atoms with Crippen LogP contribution in [0.3, 0.4) is 0 Å². The molecule has 0 fully saturated rings. The van der Waals surface area contributed by atoms with Gasteiger partial charge in [0, 0.05) is 10.6 Å². The predicted octanol–water partition coefficient (Wildman–Crippen LogP) is 4.05. The molecule has 0 saturated carbocycles. The number of benzene rings is 3. The van der Waals surface area contributed by atoms with Gasteiger partial charge in [0.25, 0.3) is 5.91 Å². The van der Waals surface area contributed by atoms with Crippen molar-refractivity contribution in [2.75, 3.05) is 6.79 Å². The molecule has 4 rings (SSSR count). The standard InChI is InChI=1S/C22H15ClN2O5/c23-17-5-2-4-15(10-17)21(26)25-24-12-14-3-1-6-18(9-14)30-22(27)16-7-8-19-20(11-16)29-13-28-19/h1-12H,13H2,(H,25,26)/b24-12-. The summed E-state index contributed by atoms with van der Waals surface area (Å²) < 4.78 is 15.9. The smallest absolute Gasteiger partial charge is 0.343 e. The summed E-state index contributed by atoms with van der Waals surface area (Å²) in [5.41, 5.74) is 3.79. The summed E-state index contributed by atoms with van der Waals surface area (Å²) in [5, 5.41) is 4.39. The van der Waals surface area contributed by atoms with Gasteiger partial charge < -0.3 is 14.2 Å². The summed E-state index contributed by atoms with van der Waals surface area (Å²) in [4.78, 5) is 24.5. The Morgan fingerprint density at radius 1 is 0.967 bits per heavy atom. The van der Waals surface area contributed by atoms with E-state index in [2.05, 4.69) is 10.5 Å². The number of ether oxygens (including phenoxy) is 3. The Morgan fingerprint density at radius 3 is 2.67 bits per heavy atom. The quantitative estimate of drug-likeness (QED) is 0.290. The molecule has 1 amide bonds. The van der Waals surface area contributed by atoms with Crippen molar-refractivity contribution in [1.29, 1.82) is 0 Å². The minimum Gasteiger partial charge on any atom is -0.454 e. The molecule has 150 valence electrons. The summed E-state index contributed by atoms with van der Waals surface area (Å²) in [6.07, 6.45) is 1.44. The van der Waals surface area contributed by atoms with Crippen molar-refractivity contribution >= 4 is 29.7 Å². The number of nitrogens with zero attached hydrogens (tertiary/aromatic N) is 1. The second-order valence-electron chi connectivity index (χ2n) is 6.24. The third kappa shape index (κ3) is 4.59. The van der Waals surface area contributed by atoms with Crippen LogP contribution in [-0.4, -0.2) is 24.9 Å². The topological polar surface area (TPSA) is 86.2 Å². The number of halogens is 1. The Labute approximate surface area is 176 Å². The molecule has 8 heteroatoms. The maximum absolute atomic E-state index is 12.4. The zero-order valence-electron chi connectivity index (χ0n) is 15.5. The molecule has 30 heavy (non-hydrogen) atoms. The Balaban J connectivity index is 1.39. The number of hydrogen-bond donors (Lipinski definition) is 1. The lowest BCUT2D eigenvalue weighted by molar-refractivity contribution is 0.0734. The summed E-state index contributed by atoms with van der Waals surface area (Å²) >= 11 is 5.88. The van der Waals surface area contributed by atoms with E-state index in [9.17, 15) is 9.59 Å². The predicted molar refractivity (Wildman–Crippen MR) is 110 cm³/mol. The Morgan fingerprint density at radius 2 is 1.80 bits per heavy atom. The summed E-state index contributed by atoms with van der Waals surface area (Å²) in [6, 6.07) is 18.1. The van der Waals surface area contributed by atoms with E-state index in [4.69, 9.17) is 25.8 Å². The lowest BCUT2D eigenvalue weighted by atomic mass is 10.2. The van der Waals surface area contributed by atoms with Gasteiger partial charge in [-0.15, -0.1) is 0 Å². The van der Waals surface area contributed by atoms with Crippen molar-refractivity contribution < 1.29 is 23.8 Å². The van der Waals surface area contributed by atoms with Crippen LogP contribution in [0.5, 0.6) is 17.2 Å². The molecule has 3 aromatic rings. The van der Waals surface area contributed by atoms with E-state index < -0.39 is 5.97 Å². The molecule has 0 bridgehead atoms. The summed E-state index contributed by atoms with van der Waals surface area (Å²) in [7, 11) is 0. The van der Waals surface area contributed by atoms with Crippen molar-refractivity contribution in [3.05, 3.63) is 88.4 Å². The van der Waals surface area contributed by atoms with Crippen LogP contribution in [0.1, 0.15) is 26.3 Å². The number of nitrogens with one attached hydrogen (secondary N) is 1. The molecular weight excluding hydrogens is 408 g/mol. The van der Waals surface area contributed by atoms with E-state index in [0.717, 1.165) is 0 Å². The van der Waals surface area contributed by atoms with E-state index in [0.29, 0.717) is 39.0 Å². The monoisotopic (exact) mass is 422 g/mol. The molecule has 0 aliphatic carbocycles. The van der Waals surface area contributed by atoms with Gasteiger partial charge >= 0.3 is 5.97 Å². The zero-order chi connectivity index (χ0) is 20.9. The average Bonchev–Trinajstić information content (AvgIpc) is 3.22. The van der Waals surface area contributed by atoms with Crippen LogP contribution in [-0.2, 0) is 0 Å². The normalized spacial score (nSPS) is 12.0. The number of carbonyl (C=O) groups excluding carboxylic acids is 2. The van der Waals surface area contributed by atoms with Crippen LogP contribution < -0.4 is 19.6 Å². The number of fused-ring (bicyclic) bond motifs is 1. The van der Waals surface area contributed by atoms with Crippen LogP contribution in [0.2, 0.25) is 5.02 Å². The largest absolute Gasteiger partial charge is 0.454 e. The first kappa shape index (κ1) is 19.5. The molecule has 7 nitrogen and oxygen atoms in total. The molecule has 0 unspecified atom stereocenters. The Bertz CT molecular complexity index is 1150. The Hall–Kier alpha value is -3.84. The van der Waals surface area contributed by atoms with Crippen LogP contribution in [0, 0.1) is 0 Å². The minimum absolute atomic E-state index is 0.128. The molecule has 1 aliphatic heterocycles. The van der Waals surface area contributed by atoms with Crippen molar-refractivity contribution in [2.24, 2.45) is 5.10 Å². The highest BCUT2D eigenvalue weighted by molar-refractivity contribution is 6.30. The number of amides is 1. The molecular formula is C22H15ClN2O5. The summed E-state index contributed by atoms with van der Waals surface area (Å²) in [5.74, 6) is 0.504. The summed E-state index contributed by atoms with van der Waals surface area (Å²) in [6.45, 7) is 0.128. The molecule has 1 N–H and O–H groups in total. The first-order chi connectivity index (χ1) is 14.6. The second-order valence-corrected chi connectivity index (χ2v) is 6.68. The van der Waals surface area contributed by atoms with Crippen molar-refractivity contribution in [2.45, 2.75) is 0 Å². The van der Waals surface area contributed by atoms with Gasteiger partial charge in [0.05, 0.1) is 11.8 Å². The minimum atomic E-state index is -0.531. The van der Waals surface area contributed by atoms with E-state index in [-0.39, 0.29) is 12.7 Å². The molecule has 1 aliphatic rings. The lowest BCUT2D eigenvalue weighted by Crippen LogP contribution is -2.17. The highest BCUT2D eigenvalue weighted by atomic mass is 35.5. The third-order valence-corrected chi connectivity index (χ3v) is 4.38. The molecule has 0 spiro atoms. The maximum atomic E-state index is 12.4. The lowest BCUT2D eigenvalue weighted by Gasteiger charge is -2.06. The number of carbonyl (C=O) groups is 2. The van der Waals surface area contributed by atoms with Gasteiger partial charge in [0.2, 0.25) is 6.79 Å². The molecule has 0 saturated heterocycles. The first-order valence-corrected chi connectivity index (χ1v) is 9.27. The van der Waals surface area contributed by atoms with Crippen LogP contribution in [0.15, 0.2) is 71.8 Å². The van der Waals surface area contributed by atoms with Crippen LogP contribution in [0.4, 0.5) is 0 Å². The number of esters is 1. The van der Waals surface area contributed by atoms with Crippen molar-refractivity contribution in [3.8, 4) is 17.2 Å². The molecule has 3 aromatic carbocycles. The number of hydrazone groups is 1. The molecule has 0 radical (unpaired) electrons. The van der Waals surface area contributed by atoms with Crippen LogP contribution >= 0.6 is 11.6 Å². The van der Waals surface area contributed by atoms with Gasteiger partial charge in [-0.25, -0.2) is 10.2 Å². The fourth-order valence-corrected chi connectivity index (χ4v) is 2.90. The van der Waals surface area contributed by atoms with E-state index in [1.165, 1.54) is 6.21 Å². The van der Waals surface area contributed by atoms with E-state index in [1.807, 2.05) is 0 Å². The van der Waals surface area contributed by atoms with Crippen LogP contribution in [0.25, 0.3) is 0 Å². The molecule has 1 heterocycles. The number of rotatable bonds is 5. The van der Waals surface area contributed by atoms with E-state index >= 15 is 0 Å². The van der Waals surface area contributed by atoms with E-state index in [1.54, 1.807) is 66.7 Å². The second kappa shape index (κ2) is 8.67. The molecule has 0 aromatic heterocycles. The van der Waals surface area contributed by atoms with Gasteiger partial charge in [-0.05, 0) is 54.1 Å². The van der Waals surface area contributed by atoms with Gasteiger partial charge in [-0.1, -0.05) is 29.8 Å². The fourth-order valence-electron chi connectivity index (χ4n) is 2.71. The fraction of sp³-hybridized carbons (Fsp3) is 0.0455. The van der Waals surface area contributed by atoms with Gasteiger partial charge in [0.1, 0.15) is 5.75 Å². The van der Waals surface area contributed by atoms with Gasteiger partial charge in [-0.3, -0.25) is 4.79 Å². The van der Waals surface area contributed by atoms with Gasteiger partial charge in [0.15, 0.2) is 11.5 Å². The Kier molecular flexibility index (Phi) is 5.63. The first-order valence-electron chi connectivity index (χ1n) is 8.89. The van der Waals surface area contributed by atoms with Gasteiger partial charge in [-0.2, -0.15) is 5.10 Å². The molecule has 0 atom stereocenters. The highest BCUT2D eigenvalue weighted by Crippen LogP contribution is 2.32. The SMILES string of the molecule is O=C(N/N=C\c1cccc(OC(=O)c2ccc3c(c2)OCO3)c1)c1cccc(Cl)c1. The van der Waals surface area contributed by atoms with Crippen molar-refractivity contribution in [3.63, 3.8) is 0 Å². The average molecular weight is 423 g/mol. The third-order valence-electron chi connectivity index (χ3n) is 4.14. The van der Waals surface area contributed by atoms with Crippen molar-refractivity contribution in [1.82, 2.24) is 5.43 Å². The number of hydrogen-bond acceptors (Lipinski definition) is 6.